The zero-order valence-electron chi connectivity index (χ0n) is 9.56. The maximum atomic E-state index is 11.2. The van der Waals surface area contributed by atoms with Gasteiger partial charge in [0.1, 0.15) is 5.17 Å². The van der Waals surface area contributed by atoms with E-state index >= 15 is 0 Å². The molecule has 19 heavy (non-hydrogen) atoms. The van der Waals surface area contributed by atoms with Crippen molar-refractivity contribution in [2.24, 2.45) is 4.99 Å². The molecule has 0 bridgehead atoms. The minimum atomic E-state index is -0.478. The number of hydrogen-bond donors (Lipinski definition) is 0. The van der Waals surface area contributed by atoms with Crippen LogP contribution in [-0.4, -0.2) is 10.4 Å². The fourth-order valence-corrected chi connectivity index (χ4v) is 3.31. The average Bonchev–Trinajstić information content (AvgIpc) is 2.54. The normalized spacial score (nSPS) is 13.1. The highest BCUT2D eigenvalue weighted by atomic mass is 35.5. The third kappa shape index (κ3) is 2.41. The molecule has 0 saturated heterocycles. The largest absolute Gasteiger partial charge is 0.276 e. The van der Waals surface area contributed by atoms with E-state index in [1.807, 2.05) is 24.3 Å². The summed E-state index contributed by atoms with van der Waals surface area (Å²) in [5, 5.41) is -0.0602. The molecule has 0 fully saturated rings. The highest BCUT2D eigenvalue weighted by Gasteiger charge is 2.17. The van der Waals surface area contributed by atoms with Crippen LogP contribution in [0.1, 0.15) is 15.9 Å². The fourth-order valence-electron chi connectivity index (χ4n) is 1.82. The van der Waals surface area contributed by atoms with Crippen molar-refractivity contribution in [1.29, 1.82) is 0 Å². The number of carbonyl (C=O) groups is 1. The molecule has 2 aromatic carbocycles. The fraction of sp³-hybridized carbons (Fsp3) is 0. The van der Waals surface area contributed by atoms with E-state index in [4.69, 9.17) is 23.2 Å². The molecule has 0 unspecified atom stereocenters. The Labute approximate surface area is 124 Å². The van der Waals surface area contributed by atoms with Crippen molar-refractivity contribution in [3.05, 3.63) is 53.6 Å². The Morgan fingerprint density at radius 2 is 1.89 bits per heavy atom. The summed E-state index contributed by atoms with van der Waals surface area (Å²) in [7, 11) is 0. The Kier molecular flexibility index (Phi) is 3.35. The molecular weight excluding hydrogens is 301 g/mol. The summed E-state index contributed by atoms with van der Waals surface area (Å²) in [6.45, 7) is 0. The molecule has 1 heterocycles. The van der Waals surface area contributed by atoms with Crippen LogP contribution in [0.5, 0.6) is 0 Å². The van der Waals surface area contributed by atoms with E-state index in [1.165, 1.54) is 11.8 Å². The first-order valence-corrected chi connectivity index (χ1v) is 7.08. The third-order valence-corrected chi connectivity index (χ3v) is 4.36. The molecule has 0 spiro atoms. The van der Waals surface area contributed by atoms with Crippen molar-refractivity contribution in [2.45, 2.75) is 9.79 Å². The van der Waals surface area contributed by atoms with Gasteiger partial charge in [-0.05, 0) is 41.9 Å². The van der Waals surface area contributed by atoms with Crippen LogP contribution in [-0.2, 0) is 0 Å². The van der Waals surface area contributed by atoms with Crippen LogP contribution in [0.3, 0.4) is 0 Å². The van der Waals surface area contributed by atoms with Crippen LogP contribution in [0.15, 0.2) is 57.2 Å². The molecule has 2 nitrogen and oxygen atoms in total. The van der Waals surface area contributed by atoms with Crippen molar-refractivity contribution >= 4 is 51.1 Å². The zero-order valence-corrected chi connectivity index (χ0v) is 11.9. The Morgan fingerprint density at radius 1 is 1.11 bits per heavy atom. The van der Waals surface area contributed by atoms with Crippen molar-refractivity contribution < 1.29 is 4.79 Å². The molecule has 0 saturated carbocycles. The molecule has 2 aromatic rings. The van der Waals surface area contributed by atoms with Crippen LogP contribution in [0.2, 0.25) is 0 Å². The van der Waals surface area contributed by atoms with Crippen LogP contribution in [0.25, 0.3) is 0 Å². The molecule has 0 aromatic heterocycles. The minimum Gasteiger partial charge on any atom is -0.276 e. The van der Waals surface area contributed by atoms with Crippen molar-refractivity contribution in [2.75, 3.05) is 0 Å². The number of halogens is 2. The lowest BCUT2D eigenvalue weighted by atomic mass is 10.1. The summed E-state index contributed by atoms with van der Waals surface area (Å²) in [6, 6.07) is 12.9. The molecule has 0 aliphatic carbocycles. The molecule has 1 aliphatic heterocycles. The van der Waals surface area contributed by atoms with Gasteiger partial charge in [-0.15, -0.1) is 0 Å². The number of fused-ring (bicyclic) bond motifs is 2. The number of rotatable bonds is 1. The molecule has 5 heteroatoms. The molecular formula is C14H7Cl2NOS. The van der Waals surface area contributed by atoms with Crippen LogP contribution >= 0.6 is 35.0 Å². The van der Waals surface area contributed by atoms with E-state index < -0.39 is 5.24 Å². The Hall–Kier alpha value is -1.29. The van der Waals surface area contributed by atoms with E-state index in [1.54, 1.807) is 18.2 Å². The van der Waals surface area contributed by atoms with Gasteiger partial charge in [-0.1, -0.05) is 35.5 Å². The van der Waals surface area contributed by atoms with E-state index in [-0.39, 0.29) is 0 Å². The maximum Gasteiger partial charge on any atom is 0.252 e. The van der Waals surface area contributed by atoms with Crippen molar-refractivity contribution in [1.82, 2.24) is 0 Å². The lowest BCUT2D eigenvalue weighted by Crippen LogP contribution is -1.96. The minimum absolute atomic E-state index is 0.418. The summed E-state index contributed by atoms with van der Waals surface area (Å²) in [5.41, 5.74) is 2.09. The van der Waals surface area contributed by atoms with Gasteiger partial charge in [-0.2, -0.15) is 0 Å². The van der Waals surface area contributed by atoms with Gasteiger partial charge < -0.3 is 0 Å². The third-order valence-electron chi connectivity index (χ3n) is 2.73. The predicted octanol–water partition coefficient (Wildman–Crippen LogP) is 4.85. The van der Waals surface area contributed by atoms with Gasteiger partial charge in [-0.25, -0.2) is 4.99 Å². The van der Waals surface area contributed by atoms with Crippen molar-refractivity contribution in [3.8, 4) is 0 Å². The second-order valence-electron chi connectivity index (χ2n) is 3.96. The van der Waals surface area contributed by atoms with E-state index in [9.17, 15) is 4.79 Å². The van der Waals surface area contributed by atoms with Gasteiger partial charge in [0.25, 0.3) is 5.24 Å². The number of hydrogen-bond acceptors (Lipinski definition) is 3. The molecule has 94 valence electrons. The second-order valence-corrected chi connectivity index (χ2v) is 5.74. The lowest BCUT2D eigenvalue weighted by molar-refractivity contribution is 0.108. The number of para-hydroxylation sites is 1. The van der Waals surface area contributed by atoms with Gasteiger partial charge in [-0.3, -0.25) is 4.79 Å². The van der Waals surface area contributed by atoms with Crippen LogP contribution < -0.4 is 0 Å². The standard InChI is InChI=1S/C14H7Cl2NOS/c15-13-9-6-5-8(14(16)18)7-12(9)19-11-4-2-1-3-10(11)17-13/h1-7H. The smallest absolute Gasteiger partial charge is 0.252 e. The summed E-state index contributed by atoms with van der Waals surface area (Å²) >= 11 is 13.3. The molecule has 0 atom stereocenters. The van der Waals surface area contributed by atoms with Crippen molar-refractivity contribution in [3.63, 3.8) is 0 Å². The highest BCUT2D eigenvalue weighted by Crippen LogP contribution is 2.41. The predicted molar refractivity (Wildman–Crippen MR) is 79.2 cm³/mol. The number of nitrogens with zero attached hydrogens (tertiary/aromatic N) is 1. The topological polar surface area (TPSA) is 29.4 Å². The SMILES string of the molecule is O=C(Cl)c1ccc2c(c1)Sc1ccccc1N=C2Cl. The Bertz CT molecular complexity index is 712. The molecule has 0 N–H and O–H groups in total. The van der Waals surface area contributed by atoms with Gasteiger partial charge >= 0.3 is 0 Å². The van der Waals surface area contributed by atoms with Gasteiger partial charge in [0.05, 0.1) is 5.69 Å². The number of carbonyl (C=O) groups excluding carboxylic acids is 1. The van der Waals surface area contributed by atoms with E-state index in [0.29, 0.717) is 10.7 Å². The second kappa shape index (κ2) is 5.00. The maximum absolute atomic E-state index is 11.2. The van der Waals surface area contributed by atoms with Gasteiger partial charge in [0.2, 0.25) is 0 Å². The summed E-state index contributed by atoms with van der Waals surface area (Å²) in [5.74, 6) is 0. The van der Waals surface area contributed by atoms with E-state index in [2.05, 4.69) is 4.99 Å². The first-order chi connectivity index (χ1) is 9.15. The van der Waals surface area contributed by atoms with Crippen LogP contribution in [0, 0.1) is 0 Å². The molecule has 3 rings (SSSR count). The molecule has 0 amide bonds. The summed E-state index contributed by atoms with van der Waals surface area (Å²) < 4.78 is 0. The average molecular weight is 308 g/mol. The lowest BCUT2D eigenvalue weighted by Gasteiger charge is -2.06. The Balaban J connectivity index is 2.20. The highest BCUT2D eigenvalue weighted by molar-refractivity contribution is 7.99. The van der Waals surface area contributed by atoms with Crippen LogP contribution in [0.4, 0.5) is 5.69 Å². The summed E-state index contributed by atoms with van der Waals surface area (Å²) in [6.07, 6.45) is 0. The van der Waals surface area contributed by atoms with Gasteiger partial charge in [0.15, 0.2) is 0 Å². The quantitative estimate of drug-likeness (QED) is 0.705. The molecule has 1 aliphatic rings. The first kappa shape index (κ1) is 12.7. The Morgan fingerprint density at radius 3 is 2.68 bits per heavy atom. The monoisotopic (exact) mass is 307 g/mol. The zero-order chi connectivity index (χ0) is 13.4. The number of benzene rings is 2. The van der Waals surface area contributed by atoms with Gasteiger partial charge in [0, 0.05) is 20.9 Å². The summed E-state index contributed by atoms with van der Waals surface area (Å²) in [4.78, 5) is 17.5. The number of aliphatic imine (C=N–C) groups is 1. The molecule has 0 radical (unpaired) electrons. The first-order valence-electron chi connectivity index (χ1n) is 5.50. The van der Waals surface area contributed by atoms with E-state index in [0.717, 1.165) is 21.0 Å².